The maximum absolute atomic E-state index is 6.08. The Morgan fingerprint density at radius 3 is 2.35 bits per heavy atom. The van der Waals surface area contributed by atoms with Crippen LogP contribution in [0.25, 0.3) is 0 Å². The molecule has 0 N–H and O–H groups in total. The van der Waals surface area contributed by atoms with E-state index in [1.165, 1.54) is 0 Å². The molecule has 0 aromatic heterocycles. The Labute approximate surface area is 118 Å². The highest BCUT2D eigenvalue weighted by atomic mass is 79.9. The number of ether oxygens (including phenoxy) is 1. The SMILES string of the molecule is Clc1c(Br)ccc(OCc2ccccc2)c1Cl. The summed E-state index contributed by atoms with van der Waals surface area (Å²) in [5.41, 5.74) is 1.09. The van der Waals surface area contributed by atoms with Gasteiger partial charge in [-0.15, -0.1) is 0 Å². The summed E-state index contributed by atoms with van der Waals surface area (Å²) in [6.45, 7) is 0.471. The largest absolute Gasteiger partial charge is 0.487 e. The van der Waals surface area contributed by atoms with Gasteiger partial charge >= 0.3 is 0 Å². The molecule has 17 heavy (non-hydrogen) atoms. The van der Waals surface area contributed by atoms with E-state index in [1.54, 1.807) is 6.07 Å². The van der Waals surface area contributed by atoms with Gasteiger partial charge in [-0.3, -0.25) is 0 Å². The highest BCUT2D eigenvalue weighted by molar-refractivity contribution is 9.10. The molecule has 0 saturated heterocycles. The minimum atomic E-state index is 0.428. The molecular weight excluding hydrogens is 323 g/mol. The van der Waals surface area contributed by atoms with Crippen molar-refractivity contribution in [2.24, 2.45) is 0 Å². The summed E-state index contributed by atoms with van der Waals surface area (Å²) in [6.07, 6.45) is 0. The molecule has 0 bridgehead atoms. The second-order valence-electron chi connectivity index (χ2n) is 3.45. The quantitative estimate of drug-likeness (QED) is 0.690. The molecule has 0 atom stereocenters. The third-order valence-corrected chi connectivity index (χ3v) is 3.99. The van der Waals surface area contributed by atoms with Gasteiger partial charge in [0, 0.05) is 4.47 Å². The lowest BCUT2D eigenvalue weighted by molar-refractivity contribution is 0.306. The molecular formula is C13H9BrCl2O. The van der Waals surface area contributed by atoms with Crippen molar-refractivity contribution in [2.45, 2.75) is 6.61 Å². The monoisotopic (exact) mass is 330 g/mol. The minimum absolute atomic E-state index is 0.428. The molecule has 0 radical (unpaired) electrons. The maximum Gasteiger partial charge on any atom is 0.140 e. The standard InChI is InChI=1S/C13H9BrCl2O/c14-10-6-7-11(13(16)12(10)15)17-8-9-4-2-1-3-5-9/h1-7H,8H2. The minimum Gasteiger partial charge on any atom is -0.487 e. The van der Waals surface area contributed by atoms with Crippen molar-refractivity contribution in [3.63, 3.8) is 0 Å². The van der Waals surface area contributed by atoms with E-state index >= 15 is 0 Å². The summed E-state index contributed by atoms with van der Waals surface area (Å²) in [4.78, 5) is 0. The number of benzene rings is 2. The number of rotatable bonds is 3. The molecule has 2 rings (SSSR count). The Morgan fingerprint density at radius 1 is 0.941 bits per heavy atom. The fraction of sp³-hybridized carbons (Fsp3) is 0.0769. The van der Waals surface area contributed by atoms with Crippen LogP contribution in [0.4, 0.5) is 0 Å². The van der Waals surface area contributed by atoms with Crippen LogP contribution in [0.5, 0.6) is 5.75 Å². The Morgan fingerprint density at radius 2 is 1.65 bits per heavy atom. The van der Waals surface area contributed by atoms with E-state index in [9.17, 15) is 0 Å². The van der Waals surface area contributed by atoms with Crippen molar-refractivity contribution in [3.05, 3.63) is 62.5 Å². The third-order valence-electron chi connectivity index (χ3n) is 2.24. The number of halogens is 3. The summed E-state index contributed by atoms with van der Waals surface area (Å²) in [5.74, 6) is 0.587. The van der Waals surface area contributed by atoms with Gasteiger partial charge in [0.25, 0.3) is 0 Å². The molecule has 0 unspecified atom stereocenters. The van der Waals surface area contributed by atoms with E-state index in [-0.39, 0.29) is 0 Å². The summed E-state index contributed by atoms with van der Waals surface area (Å²) >= 11 is 15.4. The van der Waals surface area contributed by atoms with Gasteiger partial charge in [-0.25, -0.2) is 0 Å². The van der Waals surface area contributed by atoms with Crippen molar-refractivity contribution in [3.8, 4) is 5.75 Å². The van der Waals surface area contributed by atoms with Crippen LogP contribution in [0.3, 0.4) is 0 Å². The van der Waals surface area contributed by atoms with E-state index in [0.717, 1.165) is 10.0 Å². The molecule has 0 fully saturated rings. The average Bonchev–Trinajstić information content (AvgIpc) is 2.36. The van der Waals surface area contributed by atoms with Gasteiger partial charge in [-0.2, -0.15) is 0 Å². The van der Waals surface area contributed by atoms with Crippen molar-refractivity contribution in [2.75, 3.05) is 0 Å². The topological polar surface area (TPSA) is 9.23 Å². The molecule has 88 valence electrons. The van der Waals surface area contributed by atoms with Gasteiger partial charge in [0.15, 0.2) is 0 Å². The van der Waals surface area contributed by atoms with Gasteiger partial charge in [-0.1, -0.05) is 53.5 Å². The van der Waals surface area contributed by atoms with Crippen LogP contribution >= 0.6 is 39.1 Å². The summed E-state index contributed by atoms with van der Waals surface area (Å²) in [6, 6.07) is 13.5. The Balaban J connectivity index is 2.13. The first-order valence-corrected chi connectivity index (χ1v) is 6.53. The van der Waals surface area contributed by atoms with Crippen molar-refractivity contribution >= 4 is 39.1 Å². The van der Waals surface area contributed by atoms with Gasteiger partial charge in [0.2, 0.25) is 0 Å². The van der Waals surface area contributed by atoms with Crippen LogP contribution in [-0.4, -0.2) is 0 Å². The van der Waals surface area contributed by atoms with Crippen LogP contribution in [-0.2, 0) is 6.61 Å². The molecule has 2 aromatic rings. The number of hydrogen-bond acceptors (Lipinski definition) is 1. The molecule has 0 aliphatic carbocycles. The molecule has 0 aliphatic rings. The fourth-order valence-corrected chi connectivity index (χ4v) is 2.18. The average molecular weight is 332 g/mol. The van der Waals surface area contributed by atoms with Crippen LogP contribution in [0.15, 0.2) is 46.9 Å². The van der Waals surface area contributed by atoms with Crippen molar-refractivity contribution < 1.29 is 4.74 Å². The Bertz CT molecular complexity index is 514. The van der Waals surface area contributed by atoms with E-state index in [0.29, 0.717) is 22.4 Å². The number of hydrogen-bond donors (Lipinski definition) is 0. The molecule has 0 spiro atoms. The lowest BCUT2D eigenvalue weighted by atomic mass is 10.2. The van der Waals surface area contributed by atoms with Gasteiger partial charge in [-0.05, 0) is 33.6 Å². The first kappa shape index (κ1) is 12.7. The summed E-state index contributed by atoms with van der Waals surface area (Å²) < 4.78 is 6.38. The van der Waals surface area contributed by atoms with Crippen LogP contribution in [0.2, 0.25) is 10.0 Å². The van der Waals surface area contributed by atoms with Gasteiger partial charge in [0.1, 0.15) is 17.4 Å². The first-order chi connectivity index (χ1) is 8.18. The second kappa shape index (κ2) is 5.76. The third kappa shape index (κ3) is 3.15. The van der Waals surface area contributed by atoms with E-state index in [4.69, 9.17) is 27.9 Å². The highest BCUT2D eigenvalue weighted by Crippen LogP contribution is 2.37. The van der Waals surface area contributed by atoms with Crippen molar-refractivity contribution in [1.29, 1.82) is 0 Å². The zero-order chi connectivity index (χ0) is 12.3. The van der Waals surface area contributed by atoms with Crippen molar-refractivity contribution in [1.82, 2.24) is 0 Å². The lowest BCUT2D eigenvalue weighted by Crippen LogP contribution is -1.95. The molecule has 2 aromatic carbocycles. The Hall–Kier alpha value is -0.700. The predicted octanol–water partition coefficient (Wildman–Crippen LogP) is 5.33. The lowest BCUT2D eigenvalue weighted by Gasteiger charge is -2.09. The van der Waals surface area contributed by atoms with E-state index in [1.807, 2.05) is 36.4 Å². The highest BCUT2D eigenvalue weighted by Gasteiger charge is 2.09. The second-order valence-corrected chi connectivity index (χ2v) is 5.06. The zero-order valence-corrected chi connectivity index (χ0v) is 11.9. The predicted molar refractivity (Wildman–Crippen MR) is 74.9 cm³/mol. The molecule has 0 saturated carbocycles. The zero-order valence-electron chi connectivity index (χ0n) is 8.79. The summed E-state index contributed by atoms with van der Waals surface area (Å²) in [5, 5.41) is 0.897. The van der Waals surface area contributed by atoms with Crippen LogP contribution in [0, 0.1) is 0 Å². The molecule has 0 heterocycles. The normalized spacial score (nSPS) is 10.3. The van der Waals surface area contributed by atoms with E-state index in [2.05, 4.69) is 15.9 Å². The van der Waals surface area contributed by atoms with Crippen LogP contribution in [0.1, 0.15) is 5.56 Å². The maximum atomic E-state index is 6.08. The summed E-state index contributed by atoms with van der Waals surface area (Å²) in [7, 11) is 0. The Kier molecular flexibility index (Phi) is 4.32. The molecule has 4 heteroatoms. The molecule has 1 nitrogen and oxygen atoms in total. The molecule has 0 amide bonds. The smallest absolute Gasteiger partial charge is 0.140 e. The first-order valence-electron chi connectivity index (χ1n) is 4.98. The molecule has 0 aliphatic heterocycles. The fourth-order valence-electron chi connectivity index (χ4n) is 1.35. The van der Waals surface area contributed by atoms with E-state index < -0.39 is 0 Å². The van der Waals surface area contributed by atoms with Gasteiger partial charge in [0.05, 0.1) is 5.02 Å². The van der Waals surface area contributed by atoms with Gasteiger partial charge < -0.3 is 4.74 Å². The van der Waals surface area contributed by atoms with Crippen LogP contribution < -0.4 is 4.74 Å².